The smallest absolute Gasteiger partial charge is 0.359 e. The number of halogens is 1. The van der Waals surface area contributed by atoms with E-state index in [9.17, 15) is 14.0 Å². The maximum Gasteiger partial charge on any atom is 0.359 e. The third-order valence-electron chi connectivity index (χ3n) is 3.21. The second-order valence-electron chi connectivity index (χ2n) is 4.95. The van der Waals surface area contributed by atoms with Gasteiger partial charge in [-0.2, -0.15) is 5.10 Å². The molecule has 3 rings (SSSR count). The van der Waals surface area contributed by atoms with Gasteiger partial charge in [-0.25, -0.2) is 13.9 Å². The van der Waals surface area contributed by atoms with Gasteiger partial charge < -0.3 is 9.26 Å². The fraction of sp³-hybridized carbons (Fsp3) is 0.125. The largest absolute Gasteiger partial charge is 0.454 e. The van der Waals surface area contributed by atoms with Crippen LogP contribution in [-0.2, 0) is 18.4 Å². The summed E-state index contributed by atoms with van der Waals surface area (Å²) >= 11 is 0. The van der Waals surface area contributed by atoms with E-state index in [1.54, 1.807) is 18.2 Å². The summed E-state index contributed by atoms with van der Waals surface area (Å²) in [6.45, 7) is -0.117. The van der Waals surface area contributed by atoms with Gasteiger partial charge in [0.2, 0.25) is 0 Å². The van der Waals surface area contributed by atoms with Gasteiger partial charge >= 0.3 is 5.97 Å². The highest BCUT2D eigenvalue weighted by Gasteiger charge is 2.13. The Morgan fingerprint density at radius 3 is 2.71 bits per heavy atom. The molecule has 2 heterocycles. The van der Waals surface area contributed by atoms with Gasteiger partial charge in [0.1, 0.15) is 18.1 Å². The van der Waals surface area contributed by atoms with E-state index in [2.05, 4.69) is 10.3 Å². The minimum atomic E-state index is -0.683. The first-order chi connectivity index (χ1) is 11.5. The number of aryl methyl sites for hydroxylation is 1. The predicted octanol–water partition coefficient (Wildman–Crippen LogP) is 1.93. The van der Waals surface area contributed by atoms with E-state index in [0.717, 1.165) is 4.68 Å². The molecule has 2 aromatic heterocycles. The summed E-state index contributed by atoms with van der Waals surface area (Å²) in [7, 11) is 1.44. The highest BCUT2D eigenvalue weighted by Crippen LogP contribution is 2.21. The Kier molecular flexibility index (Phi) is 4.19. The number of ether oxygens (including phenoxy) is 1. The summed E-state index contributed by atoms with van der Waals surface area (Å²) in [5, 5.41) is 7.59. The van der Waals surface area contributed by atoms with Crippen LogP contribution in [0.4, 0.5) is 4.39 Å². The number of nitrogens with zero attached hydrogens (tertiary/aromatic N) is 3. The summed E-state index contributed by atoms with van der Waals surface area (Å²) in [6, 6.07) is 9.84. The molecule has 0 atom stereocenters. The second kappa shape index (κ2) is 6.45. The number of benzene rings is 1. The van der Waals surface area contributed by atoms with Crippen molar-refractivity contribution in [1.29, 1.82) is 0 Å². The van der Waals surface area contributed by atoms with Gasteiger partial charge in [0.25, 0.3) is 5.56 Å². The molecule has 0 aliphatic rings. The fourth-order valence-corrected chi connectivity index (χ4v) is 1.95. The van der Waals surface area contributed by atoms with Crippen LogP contribution in [0.15, 0.2) is 51.8 Å². The summed E-state index contributed by atoms with van der Waals surface area (Å²) < 4.78 is 24.2. The van der Waals surface area contributed by atoms with Crippen molar-refractivity contribution in [3.63, 3.8) is 0 Å². The lowest BCUT2D eigenvalue weighted by Crippen LogP contribution is -2.21. The SMILES string of the molecule is Cn1nc(C(=O)OCc2cc(-c3ccc(F)cc3)on2)ccc1=O. The highest BCUT2D eigenvalue weighted by molar-refractivity contribution is 5.86. The van der Waals surface area contributed by atoms with Crippen molar-refractivity contribution in [3.05, 3.63) is 70.0 Å². The van der Waals surface area contributed by atoms with Crippen LogP contribution in [0.5, 0.6) is 0 Å². The number of hydrogen-bond acceptors (Lipinski definition) is 6. The van der Waals surface area contributed by atoms with Gasteiger partial charge in [-0.05, 0) is 30.3 Å². The number of rotatable bonds is 4. The zero-order valence-corrected chi connectivity index (χ0v) is 12.6. The third kappa shape index (κ3) is 3.37. The van der Waals surface area contributed by atoms with Crippen LogP contribution < -0.4 is 5.56 Å². The molecule has 0 spiro atoms. The summed E-state index contributed by atoms with van der Waals surface area (Å²) in [6.07, 6.45) is 0. The average molecular weight is 329 g/mol. The molecule has 0 saturated carbocycles. The highest BCUT2D eigenvalue weighted by atomic mass is 19.1. The topological polar surface area (TPSA) is 87.2 Å². The number of aromatic nitrogens is 3. The molecule has 0 amide bonds. The molecule has 24 heavy (non-hydrogen) atoms. The first-order valence-corrected chi connectivity index (χ1v) is 6.96. The van der Waals surface area contributed by atoms with Crippen LogP contribution in [0.25, 0.3) is 11.3 Å². The first-order valence-electron chi connectivity index (χ1n) is 6.96. The van der Waals surface area contributed by atoms with Crippen molar-refractivity contribution in [1.82, 2.24) is 14.9 Å². The van der Waals surface area contributed by atoms with Crippen molar-refractivity contribution in [3.8, 4) is 11.3 Å². The Hall–Kier alpha value is -3.29. The molecule has 0 N–H and O–H groups in total. The van der Waals surface area contributed by atoms with Gasteiger partial charge in [0, 0.05) is 24.7 Å². The van der Waals surface area contributed by atoms with Crippen LogP contribution >= 0.6 is 0 Å². The minimum Gasteiger partial charge on any atom is -0.454 e. The summed E-state index contributed by atoms with van der Waals surface area (Å²) in [5.74, 6) is -0.601. The molecule has 0 radical (unpaired) electrons. The number of carbonyl (C=O) groups is 1. The second-order valence-corrected chi connectivity index (χ2v) is 4.95. The van der Waals surface area contributed by atoms with E-state index in [1.165, 1.54) is 31.3 Å². The average Bonchev–Trinajstić information content (AvgIpc) is 3.05. The molecular formula is C16H12FN3O4. The molecule has 0 bridgehead atoms. The summed E-state index contributed by atoms with van der Waals surface area (Å²) in [4.78, 5) is 23.1. The van der Waals surface area contributed by atoms with Crippen LogP contribution in [0, 0.1) is 5.82 Å². The minimum absolute atomic E-state index is 0.0133. The zero-order chi connectivity index (χ0) is 17.1. The van der Waals surface area contributed by atoms with E-state index < -0.39 is 5.97 Å². The summed E-state index contributed by atoms with van der Waals surface area (Å²) in [5.41, 5.74) is 0.736. The lowest BCUT2D eigenvalue weighted by Gasteiger charge is -2.02. The van der Waals surface area contributed by atoms with Crippen molar-refractivity contribution in [2.45, 2.75) is 6.61 Å². The molecule has 0 aliphatic heterocycles. The van der Waals surface area contributed by atoms with Gasteiger partial charge in [-0.15, -0.1) is 0 Å². The van der Waals surface area contributed by atoms with E-state index in [0.29, 0.717) is 17.0 Å². The molecule has 8 heteroatoms. The maximum absolute atomic E-state index is 12.9. The molecule has 7 nitrogen and oxygen atoms in total. The van der Waals surface area contributed by atoms with Crippen LogP contribution in [0.2, 0.25) is 0 Å². The van der Waals surface area contributed by atoms with E-state index in [4.69, 9.17) is 9.26 Å². The standard InChI is InChI=1S/C16H12FN3O4/c1-20-15(21)7-6-13(18-20)16(22)23-9-12-8-14(24-19-12)10-2-4-11(17)5-3-10/h2-8H,9H2,1H3. The Labute approximate surface area is 135 Å². The zero-order valence-electron chi connectivity index (χ0n) is 12.6. The number of hydrogen-bond donors (Lipinski definition) is 0. The fourth-order valence-electron chi connectivity index (χ4n) is 1.95. The molecule has 1 aromatic carbocycles. The van der Waals surface area contributed by atoms with E-state index in [1.807, 2.05) is 0 Å². The van der Waals surface area contributed by atoms with Crippen molar-refractivity contribution in [2.24, 2.45) is 7.05 Å². The van der Waals surface area contributed by atoms with Gasteiger partial charge in [-0.1, -0.05) is 5.16 Å². The van der Waals surface area contributed by atoms with Gasteiger partial charge in [0.05, 0.1) is 0 Å². The molecule has 122 valence electrons. The van der Waals surface area contributed by atoms with Crippen molar-refractivity contribution < 1.29 is 18.4 Å². The van der Waals surface area contributed by atoms with Gasteiger partial charge in [0.15, 0.2) is 11.5 Å². The number of esters is 1. The maximum atomic E-state index is 12.9. The van der Waals surface area contributed by atoms with Crippen molar-refractivity contribution >= 4 is 5.97 Å². The Morgan fingerprint density at radius 2 is 2.00 bits per heavy atom. The van der Waals surface area contributed by atoms with Crippen molar-refractivity contribution in [2.75, 3.05) is 0 Å². The van der Waals surface area contributed by atoms with E-state index in [-0.39, 0.29) is 23.7 Å². The Balaban J connectivity index is 1.66. The Morgan fingerprint density at radius 1 is 1.25 bits per heavy atom. The lowest BCUT2D eigenvalue weighted by molar-refractivity contribution is 0.0454. The monoisotopic (exact) mass is 329 g/mol. The Bertz CT molecular complexity index is 931. The van der Waals surface area contributed by atoms with E-state index >= 15 is 0 Å². The van der Waals surface area contributed by atoms with Crippen LogP contribution in [0.1, 0.15) is 16.2 Å². The molecular weight excluding hydrogens is 317 g/mol. The molecule has 3 aromatic rings. The molecule has 0 fully saturated rings. The molecule has 0 aliphatic carbocycles. The van der Waals surface area contributed by atoms with Crippen LogP contribution in [-0.4, -0.2) is 20.9 Å². The first kappa shape index (κ1) is 15.6. The quantitative estimate of drug-likeness (QED) is 0.680. The normalized spacial score (nSPS) is 10.6. The van der Waals surface area contributed by atoms with Crippen LogP contribution in [0.3, 0.4) is 0 Å². The third-order valence-corrected chi connectivity index (χ3v) is 3.21. The lowest BCUT2D eigenvalue weighted by atomic mass is 10.1. The number of carbonyl (C=O) groups excluding carboxylic acids is 1. The molecule has 0 unspecified atom stereocenters. The predicted molar refractivity (Wildman–Crippen MR) is 80.5 cm³/mol. The van der Waals surface area contributed by atoms with Gasteiger partial charge in [-0.3, -0.25) is 4.79 Å². The molecule has 0 saturated heterocycles.